The van der Waals surface area contributed by atoms with Crippen molar-refractivity contribution < 1.29 is 37.0 Å². The lowest BCUT2D eigenvalue weighted by molar-refractivity contribution is -0.142. The van der Waals surface area contributed by atoms with Crippen LogP contribution in [0.15, 0.2) is 18.2 Å². The number of aryl methyl sites for hydroxylation is 3. The number of carboxylic acid groups (broad SMARTS) is 1. The Bertz CT molecular complexity index is 1160. The number of carbonyl (C=O) groups is 2. The second-order valence-electron chi connectivity index (χ2n) is 10.2. The lowest BCUT2D eigenvalue weighted by Crippen LogP contribution is -2.45. The number of aliphatic carboxylic acids is 1. The van der Waals surface area contributed by atoms with E-state index in [1.165, 1.54) is 19.6 Å². The maximum absolute atomic E-state index is 13.4. The standard InChI is InChI=1S/C27H38F4N6O4/c1-18-14-23(27(29,30)31)35-37(18)17-24(38)34-22(26(39)40)10-13-36(16-21(15-28)41-2)12-4-3-7-20-9-8-19-6-5-11-32-25(19)33-20/h8-9,14,21-22H,3-7,10-13,15-17H2,1-2H3,(H,32,33)(H,34,38)(H,39,40)/t21-,22+/m1/s1. The number of unbranched alkanes of at least 4 members (excludes halogenated alkanes) is 1. The summed E-state index contributed by atoms with van der Waals surface area (Å²) in [5, 5.41) is 18.8. The second kappa shape index (κ2) is 15.1. The van der Waals surface area contributed by atoms with Crippen molar-refractivity contribution in [3.05, 3.63) is 40.8 Å². The van der Waals surface area contributed by atoms with Crippen LogP contribution in [0.25, 0.3) is 0 Å². The lowest BCUT2D eigenvalue weighted by atomic mass is 10.1. The molecule has 0 unspecified atom stereocenters. The van der Waals surface area contributed by atoms with Crippen LogP contribution in [-0.2, 0) is 39.9 Å². The van der Waals surface area contributed by atoms with Gasteiger partial charge in [0.05, 0.1) is 6.10 Å². The van der Waals surface area contributed by atoms with Crippen LogP contribution in [0.5, 0.6) is 0 Å². The Hall–Kier alpha value is -3.26. The van der Waals surface area contributed by atoms with Gasteiger partial charge in [-0.2, -0.15) is 18.3 Å². The van der Waals surface area contributed by atoms with E-state index >= 15 is 0 Å². The highest BCUT2D eigenvalue weighted by Gasteiger charge is 2.34. The van der Waals surface area contributed by atoms with Crippen LogP contribution >= 0.6 is 0 Å². The predicted molar refractivity (Wildman–Crippen MR) is 143 cm³/mol. The van der Waals surface area contributed by atoms with Crippen LogP contribution in [0.4, 0.5) is 23.4 Å². The van der Waals surface area contributed by atoms with E-state index < -0.39 is 49.1 Å². The zero-order valence-corrected chi connectivity index (χ0v) is 23.3. The number of aromatic nitrogens is 3. The molecule has 0 saturated carbocycles. The van der Waals surface area contributed by atoms with Crippen molar-refractivity contribution in [2.45, 2.75) is 70.3 Å². The first-order chi connectivity index (χ1) is 19.5. The average molecular weight is 587 g/mol. The Morgan fingerprint density at radius 1 is 1.27 bits per heavy atom. The van der Waals surface area contributed by atoms with Gasteiger partial charge in [0.15, 0.2) is 5.69 Å². The molecule has 2 aromatic rings. The first-order valence-corrected chi connectivity index (χ1v) is 13.7. The molecule has 1 aliphatic heterocycles. The van der Waals surface area contributed by atoms with Crippen LogP contribution in [0.2, 0.25) is 0 Å². The molecular formula is C27H38F4N6O4. The van der Waals surface area contributed by atoms with Crippen molar-refractivity contribution in [3.63, 3.8) is 0 Å². The highest BCUT2D eigenvalue weighted by molar-refractivity contribution is 5.83. The van der Waals surface area contributed by atoms with E-state index in [0.717, 1.165) is 60.9 Å². The van der Waals surface area contributed by atoms with E-state index in [-0.39, 0.29) is 25.2 Å². The minimum atomic E-state index is -4.66. The Kier molecular flexibility index (Phi) is 11.9. The van der Waals surface area contributed by atoms with E-state index in [9.17, 15) is 32.3 Å². The van der Waals surface area contributed by atoms with Gasteiger partial charge in [-0.3, -0.25) is 9.48 Å². The van der Waals surface area contributed by atoms with Crippen molar-refractivity contribution in [3.8, 4) is 0 Å². The van der Waals surface area contributed by atoms with E-state index in [4.69, 9.17) is 9.72 Å². The van der Waals surface area contributed by atoms with Gasteiger partial charge in [-0.05, 0) is 69.7 Å². The minimum absolute atomic E-state index is 0.00767. The molecule has 41 heavy (non-hydrogen) atoms. The topological polar surface area (TPSA) is 122 Å². The SMILES string of the molecule is CO[C@H](CF)CN(CCCCc1ccc2c(n1)NCCC2)CC[C@H](NC(=O)Cn1nc(C(F)(F)F)cc1C)C(=O)O. The molecule has 14 heteroatoms. The molecular weight excluding hydrogens is 548 g/mol. The van der Waals surface area contributed by atoms with E-state index in [0.29, 0.717) is 6.54 Å². The molecule has 10 nitrogen and oxygen atoms in total. The summed E-state index contributed by atoms with van der Waals surface area (Å²) in [4.78, 5) is 30.9. The van der Waals surface area contributed by atoms with E-state index in [2.05, 4.69) is 21.8 Å². The van der Waals surface area contributed by atoms with Crippen molar-refractivity contribution >= 4 is 17.7 Å². The smallest absolute Gasteiger partial charge is 0.435 e. The highest BCUT2D eigenvalue weighted by atomic mass is 19.4. The summed E-state index contributed by atoms with van der Waals surface area (Å²) in [6.07, 6.45) is -0.912. The van der Waals surface area contributed by atoms with Crippen molar-refractivity contribution in [1.29, 1.82) is 0 Å². The van der Waals surface area contributed by atoms with Crippen molar-refractivity contribution in [2.24, 2.45) is 0 Å². The number of rotatable bonds is 16. The number of carboxylic acids is 1. The summed E-state index contributed by atoms with van der Waals surface area (Å²) in [7, 11) is 1.40. The summed E-state index contributed by atoms with van der Waals surface area (Å²) in [5.74, 6) is -1.13. The normalized spacial score (nSPS) is 14.8. The zero-order valence-electron chi connectivity index (χ0n) is 23.3. The van der Waals surface area contributed by atoms with Crippen LogP contribution in [-0.4, -0.2) is 88.8 Å². The van der Waals surface area contributed by atoms with Gasteiger partial charge in [0.1, 0.15) is 25.1 Å². The number of halogens is 4. The molecule has 3 rings (SSSR count). The molecule has 0 aliphatic carbocycles. The molecule has 0 radical (unpaired) electrons. The third-order valence-corrected chi connectivity index (χ3v) is 7.01. The van der Waals surface area contributed by atoms with Crippen molar-refractivity contribution in [2.75, 3.05) is 45.3 Å². The number of fused-ring (bicyclic) bond motifs is 1. The number of anilines is 1. The Morgan fingerprint density at radius 2 is 2.05 bits per heavy atom. The number of pyridine rings is 1. The zero-order chi connectivity index (χ0) is 30.0. The van der Waals surface area contributed by atoms with E-state index in [1.807, 2.05) is 11.0 Å². The molecule has 3 heterocycles. The van der Waals surface area contributed by atoms with Gasteiger partial charge in [0, 0.05) is 38.1 Å². The number of amides is 1. The molecule has 1 amide bonds. The number of nitrogens with one attached hydrogen (secondary N) is 2. The molecule has 1 aliphatic rings. The van der Waals surface area contributed by atoms with Gasteiger partial charge in [-0.25, -0.2) is 14.2 Å². The van der Waals surface area contributed by atoms with Crippen LogP contribution in [0.3, 0.4) is 0 Å². The maximum Gasteiger partial charge on any atom is 0.435 e. The van der Waals surface area contributed by atoms with Gasteiger partial charge in [-0.15, -0.1) is 0 Å². The highest BCUT2D eigenvalue weighted by Crippen LogP contribution is 2.28. The fourth-order valence-electron chi connectivity index (χ4n) is 4.67. The van der Waals surface area contributed by atoms with Crippen molar-refractivity contribution in [1.82, 2.24) is 25.0 Å². The summed E-state index contributed by atoms with van der Waals surface area (Å²) < 4.78 is 58.2. The number of ether oxygens (including phenoxy) is 1. The fraction of sp³-hybridized carbons (Fsp3) is 0.630. The second-order valence-corrected chi connectivity index (χ2v) is 10.2. The predicted octanol–water partition coefficient (Wildman–Crippen LogP) is 3.23. The number of hydrogen-bond donors (Lipinski definition) is 3. The first-order valence-electron chi connectivity index (χ1n) is 13.7. The van der Waals surface area contributed by atoms with Crippen LogP contribution < -0.4 is 10.6 Å². The summed E-state index contributed by atoms with van der Waals surface area (Å²) in [6.45, 7) is 2.04. The monoisotopic (exact) mass is 586 g/mol. The molecule has 2 atom stereocenters. The van der Waals surface area contributed by atoms with Crippen LogP contribution in [0.1, 0.15) is 48.3 Å². The Balaban J connectivity index is 1.53. The number of carbonyl (C=O) groups excluding carboxylic acids is 1. The van der Waals surface area contributed by atoms with Gasteiger partial charge < -0.3 is 25.4 Å². The quantitative estimate of drug-likeness (QED) is 0.203. The van der Waals surface area contributed by atoms with Gasteiger partial charge in [0.2, 0.25) is 5.91 Å². The molecule has 2 aromatic heterocycles. The number of hydrogen-bond acceptors (Lipinski definition) is 7. The van der Waals surface area contributed by atoms with Gasteiger partial charge >= 0.3 is 12.1 Å². The molecule has 0 bridgehead atoms. The van der Waals surface area contributed by atoms with Gasteiger partial charge in [-0.1, -0.05) is 6.07 Å². The minimum Gasteiger partial charge on any atom is -0.480 e. The lowest BCUT2D eigenvalue weighted by Gasteiger charge is -2.27. The molecule has 0 saturated heterocycles. The molecule has 3 N–H and O–H groups in total. The van der Waals surface area contributed by atoms with Gasteiger partial charge in [0.25, 0.3) is 0 Å². The van der Waals surface area contributed by atoms with E-state index in [1.54, 1.807) is 0 Å². The molecule has 0 spiro atoms. The Morgan fingerprint density at radius 3 is 2.71 bits per heavy atom. The molecule has 0 fully saturated rings. The number of methoxy groups -OCH3 is 1. The van der Waals surface area contributed by atoms with Crippen LogP contribution in [0, 0.1) is 6.92 Å². The summed E-state index contributed by atoms with van der Waals surface area (Å²) in [6, 6.07) is 3.66. The summed E-state index contributed by atoms with van der Waals surface area (Å²) >= 11 is 0. The first kappa shape index (κ1) is 32.3. The average Bonchev–Trinajstić information content (AvgIpc) is 3.31. The third-order valence-electron chi connectivity index (χ3n) is 7.01. The third kappa shape index (κ3) is 9.95. The largest absolute Gasteiger partial charge is 0.480 e. The summed E-state index contributed by atoms with van der Waals surface area (Å²) in [5.41, 5.74) is 1.18. The number of alkyl halides is 4. The molecule has 228 valence electrons. The Labute approximate surface area is 236 Å². The maximum atomic E-state index is 13.4. The molecule has 0 aromatic carbocycles. The number of nitrogens with zero attached hydrogens (tertiary/aromatic N) is 4. The fourth-order valence-corrected chi connectivity index (χ4v) is 4.67.